The van der Waals surface area contributed by atoms with E-state index in [-0.39, 0.29) is 18.4 Å². The predicted molar refractivity (Wildman–Crippen MR) is 62.6 cm³/mol. The van der Waals surface area contributed by atoms with Crippen LogP contribution < -0.4 is 5.32 Å². The summed E-state index contributed by atoms with van der Waals surface area (Å²) in [4.78, 5) is 11.5. The van der Waals surface area contributed by atoms with Crippen LogP contribution in [-0.4, -0.2) is 24.2 Å². The fourth-order valence-electron chi connectivity index (χ4n) is 1.27. The second kappa shape index (κ2) is 8.72. The van der Waals surface area contributed by atoms with E-state index in [9.17, 15) is 4.79 Å². The Hall–Kier alpha value is -0.570. The molecule has 0 aliphatic rings. The highest BCUT2D eigenvalue weighted by Crippen LogP contribution is 2.09. The van der Waals surface area contributed by atoms with E-state index in [1.54, 1.807) is 0 Å². The maximum Gasteiger partial charge on any atom is 0.223 e. The molecule has 90 valence electrons. The molecule has 3 nitrogen and oxygen atoms in total. The molecule has 0 fully saturated rings. The zero-order valence-electron chi connectivity index (χ0n) is 10.3. The summed E-state index contributed by atoms with van der Waals surface area (Å²) in [5, 5.41) is 11.5. The monoisotopic (exact) mass is 215 g/mol. The Kier molecular flexibility index (Phi) is 8.38. The molecule has 0 spiro atoms. The average Bonchev–Trinajstić information content (AvgIpc) is 2.21. The van der Waals surface area contributed by atoms with Crippen molar-refractivity contribution in [2.45, 2.75) is 46.5 Å². The van der Waals surface area contributed by atoms with Gasteiger partial charge in [0, 0.05) is 19.1 Å². The number of carbonyl (C=O) groups is 1. The Balaban J connectivity index is 3.39. The second-order valence-electron chi connectivity index (χ2n) is 4.46. The third-order valence-electron chi connectivity index (χ3n) is 2.80. The number of nitrogens with one attached hydrogen (secondary N) is 1. The van der Waals surface area contributed by atoms with Crippen LogP contribution in [0.5, 0.6) is 0 Å². The highest BCUT2D eigenvalue weighted by atomic mass is 16.2. The fraction of sp³-hybridized carbons (Fsp3) is 0.917. The third-order valence-corrected chi connectivity index (χ3v) is 2.80. The Bertz CT molecular complexity index is 169. The summed E-state index contributed by atoms with van der Waals surface area (Å²) < 4.78 is 0. The van der Waals surface area contributed by atoms with E-state index in [1.165, 1.54) is 0 Å². The van der Waals surface area contributed by atoms with Crippen LogP contribution in [0.3, 0.4) is 0 Å². The van der Waals surface area contributed by atoms with Crippen LogP contribution >= 0.6 is 0 Å². The van der Waals surface area contributed by atoms with Crippen molar-refractivity contribution in [1.82, 2.24) is 5.32 Å². The largest absolute Gasteiger partial charge is 0.396 e. The lowest BCUT2D eigenvalue weighted by molar-refractivity contribution is -0.125. The summed E-state index contributed by atoms with van der Waals surface area (Å²) in [6, 6.07) is 0. The molecule has 2 N–H and O–H groups in total. The topological polar surface area (TPSA) is 49.3 Å². The van der Waals surface area contributed by atoms with Crippen molar-refractivity contribution in [1.29, 1.82) is 0 Å². The number of hydrogen-bond donors (Lipinski definition) is 2. The molecule has 0 rings (SSSR count). The number of aliphatic hydroxyl groups excluding tert-OH is 1. The van der Waals surface area contributed by atoms with Crippen LogP contribution in [0.25, 0.3) is 0 Å². The van der Waals surface area contributed by atoms with Crippen molar-refractivity contribution in [2.24, 2.45) is 11.8 Å². The molecule has 0 radical (unpaired) electrons. The van der Waals surface area contributed by atoms with Gasteiger partial charge in [0.05, 0.1) is 0 Å². The summed E-state index contributed by atoms with van der Waals surface area (Å²) in [7, 11) is 0. The van der Waals surface area contributed by atoms with Gasteiger partial charge in [-0.2, -0.15) is 0 Å². The van der Waals surface area contributed by atoms with Crippen LogP contribution in [-0.2, 0) is 4.79 Å². The van der Waals surface area contributed by atoms with E-state index in [0.717, 1.165) is 32.2 Å². The smallest absolute Gasteiger partial charge is 0.223 e. The normalized spacial score (nSPS) is 12.9. The number of unbranched alkanes of at least 4 members (excludes halogenated alkanes) is 3. The average molecular weight is 215 g/mol. The molecule has 0 heterocycles. The SMILES string of the molecule is CC(C)C(C)C(=O)NCCCCCCO. The number of aliphatic hydroxyl groups is 1. The zero-order chi connectivity index (χ0) is 11.7. The Morgan fingerprint density at radius 2 is 1.73 bits per heavy atom. The van der Waals surface area contributed by atoms with Crippen LogP contribution in [0, 0.1) is 11.8 Å². The van der Waals surface area contributed by atoms with Crippen molar-refractivity contribution in [3.8, 4) is 0 Å². The van der Waals surface area contributed by atoms with Gasteiger partial charge in [-0.15, -0.1) is 0 Å². The van der Waals surface area contributed by atoms with Crippen molar-refractivity contribution in [2.75, 3.05) is 13.2 Å². The van der Waals surface area contributed by atoms with Gasteiger partial charge in [0.25, 0.3) is 0 Å². The lowest BCUT2D eigenvalue weighted by atomic mass is 9.97. The molecule has 1 atom stereocenters. The van der Waals surface area contributed by atoms with Crippen molar-refractivity contribution >= 4 is 5.91 Å². The minimum Gasteiger partial charge on any atom is -0.396 e. The Morgan fingerprint density at radius 3 is 2.27 bits per heavy atom. The van der Waals surface area contributed by atoms with Crippen LogP contribution in [0.4, 0.5) is 0 Å². The molecule has 0 aromatic carbocycles. The highest BCUT2D eigenvalue weighted by Gasteiger charge is 2.15. The van der Waals surface area contributed by atoms with Gasteiger partial charge in [-0.3, -0.25) is 4.79 Å². The molecule has 0 aromatic rings. The summed E-state index contributed by atoms with van der Waals surface area (Å²) in [6.07, 6.45) is 4.01. The van der Waals surface area contributed by atoms with Gasteiger partial charge in [-0.05, 0) is 18.8 Å². The molecule has 0 aliphatic carbocycles. The molecular weight excluding hydrogens is 190 g/mol. The number of hydrogen-bond acceptors (Lipinski definition) is 2. The Morgan fingerprint density at radius 1 is 1.13 bits per heavy atom. The molecule has 0 aromatic heterocycles. The zero-order valence-corrected chi connectivity index (χ0v) is 10.3. The maximum absolute atomic E-state index is 11.5. The van der Waals surface area contributed by atoms with Gasteiger partial charge < -0.3 is 10.4 Å². The molecule has 0 bridgehead atoms. The lowest BCUT2D eigenvalue weighted by Crippen LogP contribution is -2.32. The van der Waals surface area contributed by atoms with Crippen LogP contribution in [0.2, 0.25) is 0 Å². The van der Waals surface area contributed by atoms with Crippen molar-refractivity contribution < 1.29 is 9.90 Å². The van der Waals surface area contributed by atoms with Gasteiger partial charge in [0.1, 0.15) is 0 Å². The molecular formula is C12H25NO2. The standard InChI is InChI=1S/C12H25NO2/c1-10(2)11(3)12(15)13-8-6-4-5-7-9-14/h10-11,14H,4-9H2,1-3H3,(H,13,15). The summed E-state index contributed by atoms with van der Waals surface area (Å²) in [6.45, 7) is 7.13. The van der Waals surface area contributed by atoms with Gasteiger partial charge in [-0.25, -0.2) is 0 Å². The van der Waals surface area contributed by atoms with E-state index in [1.807, 2.05) is 6.92 Å². The summed E-state index contributed by atoms with van der Waals surface area (Å²) >= 11 is 0. The fourth-order valence-corrected chi connectivity index (χ4v) is 1.27. The summed E-state index contributed by atoms with van der Waals surface area (Å²) in [5.41, 5.74) is 0. The van der Waals surface area contributed by atoms with E-state index in [0.29, 0.717) is 5.92 Å². The van der Waals surface area contributed by atoms with E-state index in [2.05, 4.69) is 19.2 Å². The maximum atomic E-state index is 11.5. The van der Waals surface area contributed by atoms with Gasteiger partial charge in [0.2, 0.25) is 5.91 Å². The third kappa shape index (κ3) is 7.37. The minimum atomic E-state index is 0.0995. The molecule has 0 saturated carbocycles. The van der Waals surface area contributed by atoms with Crippen molar-refractivity contribution in [3.05, 3.63) is 0 Å². The van der Waals surface area contributed by atoms with E-state index < -0.39 is 0 Å². The van der Waals surface area contributed by atoms with Crippen LogP contribution in [0.1, 0.15) is 46.5 Å². The molecule has 1 unspecified atom stereocenters. The van der Waals surface area contributed by atoms with E-state index in [4.69, 9.17) is 5.11 Å². The lowest BCUT2D eigenvalue weighted by Gasteiger charge is -2.15. The molecule has 3 heteroatoms. The van der Waals surface area contributed by atoms with Gasteiger partial charge in [0.15, 0.2) is 0 Å². The first-order valence-corrected chi connectivity index (χ1v) is 5.98. The van der Waals surface area contributed by atoms with E-state index >= 15 is 0 Å². The molecule has 0 aliphatic heterocycles. The number of amides is 1. The summed E-state index contributed by atoms with van der Waals surface area (Å²) in [5.74, 6) is 0.661. The molecule has 0 saturated heterocycles. The van der Waals surface area contributed by atoms with Gasteiger partial charge in [-0.1, -0.05) is 33.6 Å². The first-order chi connectivity index (χ1) is 7.09. The predicted octanol–water partition coefficient (Wildman–Crippen LogP) is 1.95. The minimum absolute atomic E-state index is 0.0995. The molecule has 1 amide bonds. The quantitative estimate of drug-likeness (QED) is 0.608. The second-order valence-corrected chi connectivity index (χ2v) is 4.46. The van der Waals surface area contributed by atoms with Crippen LogP contribution in [0.15, 0.2) is 0 Å². The first-order valence-electron chi connectivity index (χ1n) is 5.98. The first kappa shape index (κ1) is 14.4. The van der Waals surface area contributed by atoms with Gasteiger partial charge >= 0.3 is 0 Å². The Labute approximate surface area is 93.3 Å². The highest BCUT2D eigenvalue weighted by molar-refractivity contribution is 5.78. The van der Waals surface area contributed by atoms with Crippen molar-refractivity contribution in [3.63, 3.8) is 0 Å². The number of carbonyl (C=O) groups excluding carboxylic acids is 1. The number of rotatable bonds is 8. The molecule has 15 heavy (non-hydrogen) atoms.